The summed E-state index contributed by atoms with van der Waals surface area (Å²) in [6.07, 6.45) is 1.72. The van der Waals surface area contributed by atoms with Gasteiger partial charge in [-0.25, -0.2) is 4.39 Å². The first-order chi connectivity index (χ1) is 11.0. The number of H-pyrrole nitrogens is 1. The van der Waals surface area contributed by atoms with E-state index in [0.29, 0.717) is 11.9 Å². The van der Waals surface area contributed by atoms with Gasteiger partial charge in [-0.3, -0.25) is 9.59 Å². The molecule has 0 saturated heterocycles. The molecule has 0 radical (unpaired) electrons. The molecular weight excluding hydrogens is 313 g/mol. The molecule has 2 aromatic rings. The highest BCUT2D eigenvalue weighted by molar-refractivity contribution is 5.92. The van der Waals surface area contributed by atoms with Crippen LogP contribution in [0.4, 0.5) is 4.39 Å². The van der Waals surface area contributed by atoms with Crippen LogP contribution < -0.4 is 0 Å². The second-order valence-electron chi connectivity index (χ2n) is 6.84. The summed E-state index contributed by atoms with van der Waals surface area (Å²) in [4.78, 5) is 24.4. The van der Waals surface area contributed by atoms with Crippen molar-refractivity contribution in [3.63, 3.8) is 0 Å². The number of hydrogen-bond donors (Lipinski definition) is 1. The second-order valence-corrected chi connectivity index (χ2v) is 6.84. The Balaban J connectivity index is 0.000000351. The molecule has 0 aliphatic rings. The van der Waals surface area contributed by atoms with E-state index in [9.17, 15) is 14.0 Å². The number of ether oxygens (including phenoxy) is 2. The number of methoxy groups -OCH3 is 1. The van der Waals surface area contributed by atoms with Crippen LogP contribution in [0.25, 0.3) is 10.9 Å². The monoisotopic (exact) mass is 337 g/mol. The Labute approximate surface area is 141 Å². The van der Waals surface area contributed by atoms with E-state index in [1.165, 1.54) is 19.2 Å². The predicted octanol–water partition coefficient (Wildman–Crippen LogP) is 3.72. The van der Waals surface area contributed by atoms with Crippen LogP contribution in [-0.4, -0.2) is 30.1 Å². The van der Waals surface area contributed by atoms with Crippen molar-refractivity contribution in [3.05, 3.63) is 35.8 Å². The molecule has 1 heterocycles. The number of benzene rings is 1. The minimum absolute atomic E-state index is 0.318. The molecule has 2 rings (SSSR count). The lowest BCUT2D eigenvalue weighted by atomic mass is 9.84. The second kappa shape index (κ2) is 7.47. The van der Waals surface area contributed by atoms with Crippen LogP contribution >= 0.6 is 0 Å². The molecule has 0 amide bonds. The van der Waals surface area contributed by atoms with Gasteiger partial charge in [0.25, 0.3) is 6.47 Å². The van der Waals surface area contributed by atoms with Crippen molar-refractivity contribution in [1.29, 1.82) is 0 Å². The first-order valence-electron chi connectivity index (χ1n) is 7.50. The minimum Gasteiger partial charge on any atom is -0.468 e. The predicted molar refractivity (Wildman–Crippen MR) is 90.2 cm³/mol. The molecule has 6 heteroatoms. The van der Waals surface area contributed by atoms with Crippen molar-refractivity contribution >= 4 is 23.3 Å². The van der Waals surface area contributed by atoms with E-state index < -0.39 is 5.41 Å². The SMILES string of the molecule is CC(C)(C)OC=O.COC(=O)C(C)(C)c1c[nH]c2ccc(F)cc12. The zero-order valence-corrected chi connectivity index (χ0v) is 14.9. The summed E-state index contributed by atoms with van der Waals surface area (Å²) < 4.78 is 22.6. The average molecular weight is 337 g/mol. The van der Waals surface area contributed by atoms with Crippen molar-refractivity contribution in [3.8, 4) is 0 Å². The summed E-state index contributed by atoms with van der Waals surface area (Å²) in [5.41, 5.74) is 0.417. The summed E-state index contributed by atoms with van der Waals surface area (Å²) in [5.74, 6) is -0.665. The van der Waals surface area contributed by atoms with Gasteiger partial charge in [-0.15, -0.1) is 0 Å². The third-order valence-electron chi connectivity index (χ3n) is 3.41. The Morgan fingerprint density at radius 2 is 1.83 bits per heavy atom. The van der Waals surface area contributed by atoms with Crippen LogP contribution in [0.15, 0.2) is 24.4 Å². The fourth-order valence-corrected chi connectivity index (χ4v) is 2.12. The molecule has 0 spiro atoms. The molecule has 0 saturated carbocycles. The van der Waals surface area contributed by atoms with Gasteiger partial charge >= 0.3 is 5.97 Å². The van der Waals surface area contributed by atoms with Gasteiger partial charge in [0.2, 0.25) is 0 Å². The van der Waals surface area contributed by atoms with Crippen LogP contribution in [0.1, 0.15) is 40.2 Å². The normalized spacial score (nSPS) is 11.5. The number of hydrogen-bond acceptors (Lipinski definition) is 4. The minimum atomic E-state index is -0.805. The quantitative estimate of drug-likeness (QED) is 0.685. The van der Waals surface area contributed by atoms with Crippen LogP contribution in [0.2, 0.25) is 0 Å². The van der Waals surface area contributed by atoms with E-state index in [2.05, 4.69) is 9.72 Å². The maximum atomic E-state index is 13.2. The number of carbonyl (C=O) groups is 2. The lowest BCUT2D eigenvalue weighted by Crippen LogP contribution is -2.29. The number of esters is 1. The number of carbonyl (C=O) groups excluding carboxylic acids is 2. The first-order valence-corrected chi connectivity index (χ1v) is 7.50. The molecule has 0 atom stereocenters. The third-order valence-corrected chi connectivity index (χ3v) is 3.41. The Morgan fingerprint density at radius 3 is 2.29 bits per heavy atom. The van der Waals surface area contributed by atoms with Gasteiger partial charge < -0.3 is 14.5 Å². The molecule has 24 heavy (non-hydrogen) atoms. The molecule has 0 bridgehead atoms. The highest BCUT2D eigenvalue weighted by Gasteiger charge is 2.33. The number of nitrogens with one attached hydrogen (secondary N) is 1. The molecule has 1 N–H and O–H groups in total. The molecule has 0 fully saturated rings. The Kier molecular flexibility index (Phi) is 6.12. The van der Waals surface area contributed by atoms with E-state index >= 15 is 0 Å². The summed E-state index contributed by atoms with van der Waals surface area (Å²) in [6.45, 7) is 9.43. The van der Waals surface area contributed by atoms with Crippen molar-refractivity contribution in [2.75, 3.05) is 7.11 Å². The third kappa shape index (κ3) is 4.81. The largest absolute Gasteiger partial charge is 0.468 e. The zero-order chi connectivity index (χ0) is 18.5. The van der Waals surface area contributed by atoms with Gasteiger partial charge in [-0.2, -0.15) is 0 Å². The summed E-state index contributed by atoms with van der Waals surface area (Å²) in [7, 11) is 1.35. The van der Waals surface area contributed by atoms with Crippen LogP contribution in [0.3, 0.4) is 0 Å². The molecule has 0 aliphatic carbocycles. The summed E-state index contributed by atoms with van der Waals surface area (Å²) >= 11 is 0. The Hall–Kier alpha value is -2.37. The smallest absolute Gasteiger partial charge is 0.315 e. The Bertz CT molecular complexity index is 713. The van der Waals surface area contributed by atoms with Crippen molar-refractivity contribution in [2.45, 2.75) is 45.6 Å². The number of halogens is 1. The van der Waals surface area contributed by atoms with E-state index in [-0.39, 0.29) is 17.4 Å². The van der Waals surface area contributed by atoms with Gasteiger partial charge in [0.15, 0.2) is 0 Å². The summed E-state index contributed by atoms with van der Waals surface area (Å²) in [5, 5.41) is 0.709. The molecular formula is C18H24FNO4. The van der Waals surface area contributed by atoms with Gasteiger partial charge in [-0.05, 0) is 58.4 Å². The van der Waals surface area contributed by atoms with Crippen molar-refractivity contribution < 1.29 is 23.5 Å². The van der Waals surface area contributed by atoms with Gasteiger partial charge in [0.1, 0.15) is 11.4 Å². The first kappa shape index (κ1) is 19.7. The number of fused-ring (bicyclic) bond motifs is 1. The number of aromatic amines is 1. The molecule has 1 aromatic heterocycles. The van der Waals surface area contributed by atoms with Crippen LogP contribution in [0, 0.1) is 5.82 Å². The van der Waals surface area contributed by atoms with E-state index in [1.54, 1.807) is 26.1 Å². The Morgan fingerprint density at radius 1 is 1.21 bits per heavy atom. The molecule has 0 unspecified atom stereocenters. The van der Waals surface area contributed by atoms with Crippen LogP contribution in [-0.2, 0) is 24.5 Å². The highest BCUT2D eigenvalue weighted by atomic mass is 19.1. The summed E-state index contributed by atoms with van der Waals surface area (Å²) in [6, 6.07) is 4.46. The van der Waals surface area contributed by atoms with Gasteiger partial charge in [0, 0.05) is 17.1 Å². The standard InChI is InChI=1S/C13H14FNO2.C5H10O2/c1-13(2,12(16)17-3)10-7-15-11-5-4-8(14)6-9(10)11;1-5(2,3)7-4-6/h4-7,15H,1-3H3;4H,1-3H3. The lowest BCUT2D eigenvalue weighted by Gasteiger charge is -2.20. The molecule has 5 nitrogen and oxygen atoms in total. The van der Waals surface area contributed by atoms with Crippen molar-refractivity contribution in [1.82, 2.24) is 4.98 Å². The van der Waals surface area contributed by atoms with E-state index in [4.69, 9.17) is 4.74 Å². The molecule has 1 aromatic carbocycles. The fourth-order valence-electron chi connectivity index (χ4n) is 2.12. The lowest BCUT2D eigenvalue weighted by molar-refractivity contribution is -0.146. The number of rotatable bonds is 3. The van der Waals surface area contributed by atoms with E-state index in [0.717, 1.165) is 11.1 Å². The topological polar surface area (TPSA) is 68.4 Å². The number of aromatic nitrogens is 1. The molecule has 0 aliphatic heterocycles. The maximum absolute atomic E-state index is 13.2. The van der Waals surface area contributed by atoms with Gasteiger partial charge in [0.05, 0.1) is 12.5 Å². The highest BCUT2D eigenvalue weighted by Crippen LogP contribution is 2.31. The molecule has 132 valence electrons. The van der Waals surface area contributed by atoms with Gasteiger partial charge in [-0.1, -0.05) is 0 Å². The zero-order valence-electron chi connectivity index (χ0n) is 14.9. The van der Waals surface area contributed by atoms with E-state index in [1.807, 2.05) is 20.8 Å². The maximum Gasteiger partial charge on any atom is 0.315 e. The average Bonchev–Trinajstić information content (AvgIpc) is 2.89. The fraction of sp³-hybridized carbons (Fsp3) is 0.444. The van der Waals surface area contributed by atoms with Crippen molar-refractivity contribution in [2.24, 2.45) is 0 Å². The van der Waals surface area contributed by atoms with Crippen LogP contribution in [0.5, 0.6) is 0 Å².